The minimum absolute atomic E-state index is 0. The predicted molar refractivity (Wildman–Crippen MR) is 59.6 cm³/mol. The minimum Gasteiger partial charge on any atom is -0.545 e. The second-order valence-electron chi connectivity index (χ2n) is 2.01. The van der Waals surface area contributed by atoms with E-state index in [-0.39, 0.29) is 60.6 Å². The standard InChI is InChI=1S/C7H5NO4.Ni.6H2O/c9-6(10)4-1-2-5(7(11)12)8-3-4;;;;;;;/h1-3H,(H,9,10)(H,11,12);;6*1H2/q;+2;;;;;;/p+2. The molecule has 19 heavy (non-hydrogen) atoms. The summed E-state index contributed by atoms with van der Waals surface area (Å²) in [5.41, 5.74) is -0.472. The smallest absolute Gasteiger partial charge is 0.545 e. The maximum Gasteiger partial charge on any atom is 2.00 e. The Morgan fingerprint density at radius 1 is 0.895 bits per heavy atom. The van der Waals surface area contributed by atoms with Gasteiger partial charge in [0, 0.05) is 11.8 Å². The van der Waals surface area contributed by atoms with Gasteiger partial charge >= 0.3 is 16.5 Å². The maximum absolute atomic E-state index is 10.2. The van der Waals surface area contributed by atoms with Gasteiger partial charge in [0.25, 0.3) is 0 Å². The number of hydrogen-bond donors (Lipinski definition) is 0. The molecule has 1 rings (SSSR count). The third-order valence-corrected chi connectivity index (χ3v) is 1.21. The molecule has 1 aromatic heterocycles. The molecule has 1 heterocycles. The average molecular weight is 336 g/mol. The Morgan fingerprint density at radius 3 is 1.53 bits per heavy atom. The molecule has 0 saturated heterocycles. The first kappa shape index (κ1) is 43.3. The van der Waals surface area contributed by atoms with E-state index >= 15 is 0 Å². The van der Waals surface area contributed by atoms with Crippen LogP contribution in [0.4, 0.5) is 0 Å². The summed E-state index contributed by atoms with van der Waals surface area (Å²) < 4.78 is 0. The molecular weight excluding hydrogens is 317 g/mol. The van der Waals surface area contributed by atoms with E-state index in [1.165, 1.54) is 0 Å². The monoisotopic (exact) mass is 335 g/mol. The average Bonchev–Trinajstić information content (AvgIpc) is 2.04. The van der Waals surface area contributed by atoms with Gasteiger partial charge in [0.15, 0.2) is 0 Å². The zero-order valence-electron chi connectivity index (χ0n) is 9.44. The van der Waals surface area contributed by atoms with Crippen molar-refractivity contribution in [2.24, 2.45) is 0 Å². The molecule has 16 N–H and O–H groups in total. The van der Waals surface area contributed by atoms with Gasteiger partial charge in [-0.3, -0.25) is 4.98 Å². The number of carboxylic acids is 2. The quantitative estimate of drug-likeness (QED) is 0.374. The van der Waals surface area contributed by atoms with Crippen LogP contribution >= 0.6 is 0 Å². The summed E-state index contributed by atoms with van der Waals surface area (Å²) in [6.45, 7) is 0. The number of nitrogens with zero attached hydrogens (tertiary/aromatic N) is 1. The van der Waals surface area contributed by atoms with Crippen LogP contribution in [0.2, 0.25) is 0 Å². The molecule has 0 amide bonds. The Kier molecular flexibility index (Phi) is 42.6. The third-order valence-electron chi connectivity index (χ3n) is 1.21. The maximum atomic E-state index is 10.2. The Labute approximate surface area is 116 Å². The Hall–Kier alpha value is -1.66. The fourth-order valence-electron chi connectivity index (χ4n) is 0.635. The van der Waals surface area contributed by atoms with Gasteiger partial charge in [0.2, 0.25) is 0 Å². The summed E-state index contributed by atoms with van der Waals surface area (Å²) in [4.78, 5) is 23.6. The van der Waals surface area contributed by atoms with Crippen molar-refractivity contribution < 1.29 is 69.2 Å². The predicted octanol–water partition coefficient (Wildman–Crippen LogP) is -7.53. The van der Waals surface area contributed by atoms with Crippen LogP contribution in [0.5, 0.6) is 0 Å². The SMILES string of the molecule is O.O.O=C([O-])c1ccc(C(=O)[O-])nc1.[Ni+2].[OH3+].[OH3+].[OH3+].[OH3+]. The molecule has 1 aromatic rings. The zero-order valence-corrected chi connectivity index (χ0v) is 10.4. The first-order chi connectivity index (χ1) is 5.61. The number of pyridine rings is 1. The van der Waals surface area contributed by atoms with Crippen molar-refractivity contribution >= 4 is 11.9 Å². The molecule has 0 radical (unpaired) electrons. The van der Waals surface area contributed by atoms with Crippen LogP contribution in [0.25, 0.3) is 0 Å². The molecule has 0 aromatic carbocycles. The summed E-state index contributed by atoms with van der Waals surface area (Å²) >= 11 is 0. The topological polar surface area (TPSA) is 288 Å². The van der Waals surface area contributed by atoms with E-state index in [1.807, 2.05) is 0 Å². The van der Waals surface area contributed by atoms with Gasteiger partial charge < -0.3 is 52.7 Å². The van der Waals surface area contributed by atoms with E-state index in [0.717, 1.165) is 18.3 Å². The summed E-state index contributed by atoms with van der Waals surface area (Å²) in [5.74, 6) is -2.84. The van der Waals surface area contributed by atoms with Gasteiger partial charge in [-0.1, -0.05) is 0 Å². The van der Waals surface area contributed by atoms with Gasteiger partial charge in [-0.05, 0) is 12.1 Å². The van der Waals surface area contributed by atoms with E-state index in [1.54, 1.807) is 0 Å². The number of aromatic carboxylic acids is 2. The number of carbonyl (C=O) groups is 2. The Balaban J connectivity index is -0.0000000411. The molecule has 0 unspecified atom stereocenters. The second kappa shape index (κ2) is 18.7. The molecular formula is C7H19NNiO10+4. The van der Waals surface area contributed by atoms with Crippen molar-refractivity contribution in [1.29, 1.82) is 0 Å². The molecule has 0 fully saturated rings. The second-order valence-corrected chi connectivity index (χ2v) is 2.01. The van der Waals surface area contributed by atoms with Crippen molar-refractivity contribution in [3.05, 3.63) is 29.6 Å². The summed E-state index contributed by atoms with van der Waals surface area (Å²) in [6.07, 6.45) is 0.903. The zero-order chi connectivity index (χ0) is 9.14. The van der Waals surface area contributed by atoms with Crippen molar-refractivity contribution in [3.8, 4) is 0 Å². The molecule has 0 aliphatic heterocycles. The van der Waals surface area contributed by atoms with Crippen molar-refractivity contribution in [2.45, 2.75) is 0 Å². The fourth-order valence-corrected chi connectivity index (χ4v) is 0.635. The van der Waals surface area contributed by atoms with Crippen LogP contribution in [0.3, 0.4) is 0 Å². The van der Waals surface area contributed by atoms with Gasteiger partial charge in [-0.2, -0.15) is 0 Å². The van der Waals surface area contributed by atoms with Crippen LogP contribution in [0.15, 0.2) is 18.3 Å². The van der Waals surface area contributed by atoms with Gasteiger partial charge in [0.05, 0.1) is 17.6 Å². The summed E-state index contributed by atoms with van der Waals surface area (Å²) in [5, 5.41) is 20.3. The molecule has 0 aliphatic carbocycles. The first-order valence-electron chi connectivity index (χ1n) is 3.00. The summed E-state index contributed by atoms with van der Waals surface area (Å²) in [6, 6.07) is 2.13. The van der Waals surface area contributed by atoms with Crippen LogP contribution < -0.4 is 10.2 Å². The largest absolute Gasteiger partial charge is 2.00 e. The summed E-state index contributed by atoms with van der Waals surface area (Å²) in [7, 11) is 0. The molecule has 11 nitrogen and oxygen atoms in total. The Bertz CT molecular complexity index is 296. The number of carboxylic acid groups (broad SMARTS) is 2. The number of rotatable bonds is 2. The normalized spacial score (nSPS) is 5.89. The molecule has 0 spiro atoms. The fraction of sp³-hybridized carbons (Fsp3) is 0. The van der Waals surface area contributed by atoms with Gasteiger partial charge in [-0.15, -0.1) is 0 Å². The molecule has 12 heteroatoms. The van der Waals surface area contributed by atoms with Crippen molar-refractivity contribution in [3.63, 3.8) is 0 Å². The van der Waals surface area contributed by atoms with Gasteiger partial charge in [0.1, 0.15) is 0 Å². The molecule has 0 atom stereocenters. The third kappa shape index (κ3) is 12.6. The van der Waals surface area contributed by atoms with Crippen molar-refractivity contribution in [1.82, 2.24) is 4.98 Å². The molecule has 0 bridgehead atoms. The van der Waals surface area contributed by atoms with E-state index < -0.39 is 11.9 Å². The minimum atomic E-state index is -1.44. The van der Waals surface area contributed by atoms with Crippen LogP contribution in [0.1, 0.15) is 20.8 Å². The number of carbonyl (C=O) groups excluding carboxylic acids is 2. The molecule has 118 valence electrons. The van der Waals surface area contributed by atoms with E-state index in [9.17, 15) is 19.8 Å². The van der Waals surface area contributed by atoms with E-state index in [0.29, 0.717) is 0 Å². The first-order valence-corrected chi connectivity index (χ1v) is 3.00. The van der Waals surface area contributed by atoms with E-state index in [4.69, 9.17) is 0 Å². The van der Waals surface area contributed by atoms with Crippen LogP contribution in [-0.2, 0) is 38.4 Å². The van der Waals surface area contributed by atoms with Gasteiger partial charge in [-0.25, -0.2) is 0 Å². The molecule has 0 aliphatic rings. The Morgan fingerprint density at radius 2 is 1.32 bits per heavy atom. The van der Waals surface area contributed by atoms with Crippen LogP contribution in [-0.4, -0.2) is 27.9 Å². The van der Waals surface area contributed by atoms with E-state index in [2.05, 4.69) is 4.98 Å². The van der Waals surface area contributed by atoms with Crippen molar-refractivity contribution in [2.75, 3.05) is 0 Å². The number of aromatic nitrogens is 1. The van der Waals surface area contributed by atoms with Crippen LogP contribution in [0, 0.1) is 0 Å². The molecule has 0 saturated carbocycles. The number of hydrogen-bond acceptors (Lipinski definition) is 5.